The van der Waals surface area contributed by atoms with Crippen molar-refractivity contribution in [2.75, 3.05) is 5.32 Å². The van der Waals surface area contributed by atoms with Crippen molar-refractivity contribution >= 4 is 28.6 Å². The number of carbonyl (C=O) groups is 1. The number of nitrogens with one attached hydrogen (secondary N) is 2. The number of carboxylic acid groups (broad SMARTS) is 1. The highest BCUT2D eigenvalue weighted by Gasteiger charge is 2.19. The average molecular weight is 386 g/mol. The number of hydrogen-bond donors (Lipinski definition) is 3. The Hall–Kier alpha value is -4.39. The van der Waals surface area contributed by atoms with Crippen molar-refractivity contribution in [1.29, 1.82) is 5.26 Å². The first-order chi connectivity index (χ1) is 14.1. The van der Waals surface area contributed by atoms with E-state index in [-0.39, 0.29) is 17.3 Å². The molecule has 3 heterocycles. The van der Waals surface area contributed by atoms with Crippen LogP contribution in [0.3, 0.4) is 0 Å². The summed E-state index contributed by atoms with van der Waals surface area (Å²) in [5.74, 6) is -0.236. The number of hydrogen-bond acceptors (Lipinski definition) is 8. The Bertz CT molecular complexity index is 1270. The van der Waals surface area contributed by atoms with E-state index in [2.05, 4.69) is 35.2 Å². The van der Waals surface area contributed by atoms with Gasteiger partial charge < -0.3 is 15.4 Å². The number of aromatic nitrogens is 6. The Morgan fingerprint density at radius 2 is 2.14 bits per heavy atom. The van der Waals surface area contributed by atoms with E-state index in [1.54, 1.807) is 18.2 Å². The topological polar surface area (TPSA) is 153 Å². The minimum atomic E-state index is -1.06. The Morgan fingerprint density at radius 3 is 2.90 bits per heavy atom. The maximum absolute atomic E-state index is 11.6. The van der Waals surface area contributed by atoms with Crippen LogP contribution in [-0.4, -0.2) is 41.0 Å². The normalized spacial score (nSPS) is 10.6. The van der Waals surface area contributed by atoms with Gasteiger partial charge in [0.05, 0.1) is 16.6 Å². The predicted molar refractivity (Wildman–Crippen MR) is 103 cm³/mol. The number of benzene rings is 1. The van der Waals surface area contributed by atoms with Gasteiger partial charge >= 0.3 is 5.97 Å². The zero-order valence-corrected chi connectivity index (χ0v) is 15.2. The molecule has 4 rings (SSSR count). The van der Waals surface area contributed by atoms with E-state index in [1.807, 2.05) is 19.1 Å². The first-order valence-electron chi connectivity index (χ1n) is 8.67. The van der Waals surface area contributed by atoms with Gasteiger partial charge in [-0.05, 0) is 12.1 Å². The summed E-state index contributed by atoms with van der Waals surface area (Å²) in [6, 6.07) is 9.09. The minimum Gasteiger partial charge on any atom is -0.478 e. The van der Waals surface area contributed by atoms with Gasteiger partial charge in [0.25, 0.3) is 0 Å². The number of H-pyrrole nitrogens is 1. The van der Waals surface area contributed by atoms with Crippen LogP contribution in [0.5, 0.6) is 0 Å². The Kier molecular flexibility index (Phi) is 4.54. The van der Waals surface area contributed by atoms with Crippen LogP contribution in [-0.2, 0) is 6.42 Å². The Morgan fingerprint density at radius 1 is 1.28 bits per heavy atom. The number of rotatable bonds is 5. The van der Waals surface area contributed by atoms with Crippen molar-refractivity contribution in [2.24, 2.45) is 0 Å². The van der Waals surface area contributed by atoms with Gasteiger partial charge in [0.1, 0.15) is 23.9 Å². The molecule has 0 unspecified atom stereocenters. The molecule has 0 bridgehead atoms. The largest absolute Gasteiger partial charge is 0.478 e. The number of aryl methyl sites for hydroxylation is 1. The fraction of sp³-hybridized carbons (Fsp3) is 0.105. The van der Waals surface area contributed by atoms with Gasteiger partial charge in [-0.1, -0.05) is 19.1 Å². The molecule has 10 heteroatoms. The summed E-state index contributed by atoms with van der Waals surface area (Å²) in [5, 5.41) is 21.9. The second-order valence-electron chi connectivity index (χ2n) is 6.02. The molecule has 142 valence electrons. The Labute approximate surface area is 164 Å². The number of aromatic amines is 1. The maximum Gasteiger partial charge on any atom is 0.338 e. The summed E-state index contributed by atoms with van der Waals surface area (Å²) in [5.41, 5.74) is 2.44. The van der Waals surface area contributed by atoms with E-state index in [0.29, 0.717) is 40.2 Å². The third-order valence-electron chi connectivity index (χ3n) is 4.19. The van der Waals surface area contributed by atoms with E-state index in [1.165, 1.54) is 12.5 Å². The average Bonchev–Trinajstić information content (AvgIpc) is 3.17. The van der Waals surface area contributed by atoms with Crippen LogP contribution >= 0.6 is 0 Å². The van der Waals surface area contributed by atoms with Crippen LogP contribution < -0.4 is 5.32 Å². The van der Waals surface area contributed by atoms with Crippen LogP contribution in [0.2, 0.25) is 0 Å². The SMILES string of the molecule is CCc1nc(-c2cccc(Nc3ncnc(C#N)n3)c2)c2c(C(=O)O)c[nH]c2n1. The third kappa shape index (κ3) is 3.44. The molecule has 0 aliphatic carbocycles. The van der Waals surface area contributed by atoms with Crippen LogP contribution in [0, 0.1) is 11.3 Å². The molecule has 3 N–H and O–H groups in total. The van der Waals surface area contributed by atoms with Crippen molar-refractivity contribution in [2.45, 2.75) is 13.3 Å². The van der Waals surface area contributed by atoms with Gasteiger partial charge in [0.15, 0.2) is 0 Å². The number of carboxylic acids is 1. The smallest absolute Gasteiger partial charge is 0.338 e. The van der Waals surface area contributed by atoms with Crippen molar-refractivity contribution in [3.05, 3.63) is 54.0 Å². The van der Waals surface area contributed by atoms with Gasteiger partial charge in [-0.15, -0.1) is 0 Å². The molecule has 0 amide bonds. The molecule has 0 saturated carbocycles. The van der Waals surface area contributed by atoms with Crippen molar-refractivity contribution in [3.8, 4) is 17.3 Å². The second kappa shape index (κ2) is 7.32. The molecule has 0 atom stereocenters. The fourth-order valence-corrected chi connectivity index (χ4v) is 2.90. The van der Waals surface area contributed by atoms with E-state index >= 15 is 0 Å². The van der Waals surface area contributed by atoms with Gasteiger partial charge in [-0.3, -0.25) is 0 Å². The third-order valence-corrected chi connectivity index (χ3v) is 4.19. The van der Waals surface area contributed by atoms with Crippen LogP contribution in [0.4, 0.5) is 11.6 Å². The highest BCUT2D eigenvalue weighted by Crippen LogP contribution is 2.31. The van der Waals surface area contributed by atoms with E-state index in [4.69, 9.17) is 5.26 Å². The number of nitriles is 1. The van der Waals surface area contributed by atoms with Gasteiger partial charge in [-0.2, -0.15) is 10.2 Å². The molecule has 4 aromatic rings. The summed E-state index contributed by atoms with van der Waals surface area (Å²) in [4.78, 5) is 35.3. The summed E-state index contributed by atoms with van der Waals surface area (Å²) >= 11 is 0. The molecular weight excluding hydrogens is 372 g/mol. The quantitative estimate of drug-likeness (QED) is 0.469. The summed E-state index contributed by atoms with van der Waals surface area (Å²) in [6.07, 6.45) is 3.27. The fourth-order valence-electron chi connectivity index (χ4n) is 2.90. The molecule has 3 aromatic heterocycles. The van der Waals surface area contributed by atoms with Crippen LogP contribution in [0.15, 0.2) is 36.8 Å². The first-order valence-corrected chi connectivity index (χ1v) is 8.67. The van der Waals surface area contributed by atoms with Crippen LogP contribution in [0.25, 0.3) is 22.3 Å². The first kappa shape index (κ1) is 18.0. The number of fused-ring (bicyclic) bond motifs is 1. The minimum absolute atomic E-state index is 0.00201. The standard InChI is InChI=1S/C19H14N8O2/c1-2-13-25-16(15-12(18(28)29)8-21-17(15)26-13)10-4-3-5-11(6-10)24-19-23-9-22-14(7-20)27-19/h3-6,8-9H,2H2,1H3,(H,28,29)(H,21,25,26)(H,22,23,24,27). The van der Waals surface area contributed by atoms with E-state index in [9.17, 15) is 9.90 Å². The molecule has 1 aromatic carbocycles. The zero-order valence-electron chi connectivity index (χ0n) is 15.2. The van der Waals surface area contributed by atoms with Crippen molar-refractivity contribution < 1.29 is 9.90 Å². The molecule has 0 saturated heterocycles. The second-order valence-corrected chi connectivity index (χ2v) is 6.02. The van der Waals surface area contributed by atoms with Gasteiger partial charge in [-0.25, -0.2) is 24.7 Å². The number of aromatic carboxylic acids is 1. The predicted octanol–water partition coefficient (Wildman–Crippen LogP) is 2.69. The molecule has 0 fully saturated rings. The Balaban J connectivity index is 1.82. The molecule has 0 aliphatic heterocycles. The monoisotopic (exact) mass is 386 g/mol. The lowest BCUT2D eigenvalue weighted by molar-refractivity contribution is 0.0699. The molecule has 0 spiro atoms. The lowest BCUT2D eigenvalue weighted by Gasteiger charge is -2.09. The lowest BCUT2D eigenvalue weighted by atomic mass is 10.1. The van der Waals surface area contributed by atoms with Gasteiger partial charge in [0, 0.05) is 23.9 Å². The summed E-state index contributed by atoms with van der Waals surface area (Å²) in [6.45, 7) is 1.93. The molecule has 29 heavy (non-hydrogen) atoms. The highest BCUT2D eigenvalue weighted by molar-refractivity contribution is 6.07. The molecule has 0 aliphatic rings. The highest BCUT2D eigenvalue weighted by atomic mass is 16.4. The molecular formula is C19H14N8O2. The molecule has 0 radical (unpaired) electrons. The zero-order chi connectivity index (χ0) is 20.4. The van der Waals surface area contributed by atoms with Crippen molar-refractivity contribution in [3.63, 3.8) is 0 Å². The lowest BCUT2D eigenvalue weighted by Crippen LogP contribution is -2.02. The number of nitrogens with zero attached hydrogens (tertiary/aromatic N) is 6. The van der Waals surface area contributed by atoms with Crippen molar-refractivity contribution in [1.82, 2.24) is 29.9 Å². The summed E-state index contributed by atoms with van der Waals surface area (Å²) in [7, 11) is 0. The maximum atomic E-state index is 11.6. The summed E-state index contributed by atoms with van der Waals surface area (Å²) < 4.78 is 0. The molecule has 10 nitrogen and oxygen atoms in total. The van der Waals surface area contributed by atoms with E-state index in [0.717, 1.165) is 0 Å². The number of anilines is 2. The van der Waals surface area contributed by atoms with E-state index < -0.39 is 5.97 Å². The van der Waals surface area contributed by atoms with Crippen LogP contribution in [0.1, 0.15) is 28.9 Å². The van der Waals surface area contributed by atoms with Gasteiger partial charge in [0.2, 0.25) is 11.8 Å².